The fraction of sp³-hybridized carbons (Fsp3) is 0.182. The van der Waals surface area contributed by atoms with Gasteiger partial charge in [0.15, 0.2) is 6.29 Å². The van der Waals surface area contributed by atoms with Crippen molar-refractivity contribution >= 4 is 24.9 Å². The number of aldehydes is 1. The average Bonchev–Trinajstić information content (AvgIpc) is 2.28. The smallest absolute Gasteiger partial charge is 0.338 e. The van der Waals surface area contributed by atoms with E-state index >= 15 is 0 Å². The summed E-state index contributed by atoms with van der Waals surface area (Å²) in [6.07, 6.45) is 0.495. The fourth-order valence-corrected chi connectivity index (χ4v) is 1.50. The van der Waals surface area contributed by atoms with E-state index in [9.17, 15) is 9.59 Å². The molecule has 4 nitrogen and oxygen atoms in total. The molecule has 0 bridgehead atoms. The molecule has 0 heterocycles. The summed E-state index contributed by atoms with van der Waals surface area (Å²) < 4.78 is 4.78. The van der Waals surface area contributed by atoms with Crippen LogP contribution in [0, 0.1) is 11.3 Å². The second-order valence-corrected chi connectivity index (χ2v) is 3.32. The number of carbonyl (C=O) groups is 2. The lowest BCUT2D eigenvalue weighted by atomic mass is 10.1. The van der Waals surface area contributed by atoms with Crippen molar-refractivity contribution in [3.8, 4) is 6.07 Å². The predicted octanol–water partition coefficient (Wildman–Crippen LogP) is 1.84. The highest BCUT2D eigenvalue weighted by molar-refractivity contribution is 7.80. The molecule has 0 aliphatic rings. The van der Waals surface area contributed by atoms with Gasteiger partial charge in [0, 0.05) is 10.5 Å². The molecule has 16 heavy (non-hydrogen) atoms. The normalized spacial score (nSPS) is 9.31. The Bertz CT molecular complexity index is 477. The van der Waals surface area contributed by atoms with Crippen LogP contribution < -0.4 is 0 Å². The van der Waals surface area contributed by atoms with E-state index in [-0.39, 0.29) is 28.2 Å². The Morgan fingerprint density at radius 3 is 2.81 bits per heavy atom. The van der Waals surface area contributed by atoms with Crippen LogP contribution in [0.2, 0.25) is 0 Å². The maximum Gasteiger partial charge on any atom is 0.338 e. The van der Waals surface area contributed by atoms with Gasteiger partial charge in [-0.1, -0.05) is 0 Å². The van der Waals surface area contributed by atoms with Gasteiger partial charge in [-0.25, -0.2) is 4.79 Å². The van der Waals surface area contributed by atoms with Crippen molar-refractivity contribution in [1.82, 2.24) is 0 Å². The first-order chi connectivity index (χ1) is 7.65. The molecular weight excluding hydrogens is 226 g/mol. The molecule has 0 aliphatic heterocycles. The van der Waals surface area contributed by atoms with Crippen LogP contribution >= 0.6 is 12.6 Å². The standard InChI is InChI=1S/C11H9NO3S/c1-2-15-11(14)8-4-3-7(5-12)10(16)9(8)6-13/h3-4,6,16H,2H2,1H3. The molecule has 1 aromatic carbocycles. The third-order valence-electron chi connectivity index (χ3n) is 1.95. The Morgan fingerprint density at radius 1 is 1.62 bits per heavy atom. The molecule has 0 unspecified atom stereocenters. The quantitative estimate of drug-likeness (QED) is 0.493. The summed E-state index contributed by atoms with van der Waals surface area (Å²) in [6.45, 7) is 1.89. The maximum absolute atomic E-state index is 11.5. The van der Waals surface area contributed by atoms with Gasteiger partial charge in [-0.15, -0.1) is 12.6 Å². The second-order valence-electron chi connectivity index (χ2n) is 2.87. The van der Waals surface area contributed by atoms with Crippen molar-refractivity contribution in [2.24, 2.45) is 0 Å². The number of esters is 1. The van der Waals surface area contributed by atoms with E-state index in [1.54, 1.807) is 6.92 Å². The van der Waals surface area contributed by atoms with Crippen LogP contribution in [0.4, 0.5) is 0 Å². The minimum Gasteiger partial charge on any atom is -0.462 e. The number of carbonyl (C=O) groups excluding carboxylic acids is 2. The number of nitriles is 1. The number of nitrogens with zero attached hydrogens (tertiary/aromatic N) is 1. The lowest BCUT2D eigenvalue weighted by Crippen LogP contribution is -2.09. The highest BCUT2D eigenvalue weighted by Crippen LogP contribution is 2.21. The van der Waals surface area contributed by atoms with Gasteiger partial charge < -0.3 is 4.74 Å². The van der Waals surface area contributed by atoms with Crippen molar-refractivity contribution in [2.45, 2.75) is 11.8 Å². The molecule has 0 fully saturated rings. The largest absolute Gasteiger partial charge is 0.462 e. The van der Waals surface area contributed by atoms with E-state index in [4.69, 9.17) is 10.00 Å². The van der Waals surface area contributed by atoms with E-state index in [2.05, 4.69) is 12.6 Å². The van der Waals surface area contributed by atoms with Crippen molar-refractivity contribution < 1.29 is 14.3 Å². The number of ether oxygens (including phenoxy) is 1. The van der Waals surface area contributed by atoms with Crippen LogP contribution in [0.3, 0.4) is 0 Å². The molecule has 0 saturated carbocycles. The first-order valence-electron chi connectivity index (χ1n) is 4.54. The number of hydrogen-bond donors (Lipinski definition) is 1. The highest BCUT2D eigenvalue weighted by Gasteiger charge is 2.16. The van der Waals surface area contributed by atoms with Crippen molar-refractivity contribution in [2.75, 3.05) is 6.61 Å². The zero-order valence-electron chi connectivity index (χ0n) is 8.56. The van der Waals surface area contributed by atoms with Crippen LogP contribution in [0.15, 0.2) is 17.0 Å². The van der Waals surface area contributed by atoms with Gasteiger partial charge in [-0.05, 0) is 19.1 Å². The molecule has 5 heteroatoms. The van der Waals surface area contributed by atoms with E-state index < -0.39 is 5.97 Å². The van der Waals surface area contributed by atoms with Crippen LogP contribution in [-0.2, 0) is 4.74 Å². The molecule has 1 rings (SSSR count). The monoisotopic (exact) mass is 235 g/mol. The molecule has 0 aromatic heterocycles. The van der Waals surface area contributed by atoms with Gasteiger partial charge in [-0.2, -0.15) is 5.26 Å². The summed E-state index contributed by atoms with van der Waals surface area (Å²) in [6, 6.07) is 4.70. The van der Waals surface area contributed by atoms with Gasteiger partial charge >= 0.3 is 5.97 Å². The minimum atomic E-state index is -0.593. The Balaban J connectivity index is 3.32. The Hall–Kier alpha value is -1.80. The molecule has 0 atom stereocenters. The maximum atomic E-state index is 11.5. The second kappa shape index (κ2) is 5.33. The number of benzene rings is 1. The molecule has 1 aromatic rings. The third-order valence-corrected chi connectivity index (χ3v) is 2.43. The van der Waals surface area contributed by atoms with Gasteiger partial charge in [-0.3, -0.25) is 4.79 Å². The molecule has 0 N–H and O–H groups in total. The predicted molar refractivity (Wildman–Crippen MR) is 59.8 cm³/mol. The third kappa shape index (κ3) is 2.23. The zero-order chi connectivity index (χ0) is 12.1. The SMILES string of the molecule is CCOC(=O)c1ccc(C#N)c(S)c1C=O. The van der Waals surface area contributed by atoms with Crippen LogP contribution in [-0.4, -0.2) is 18.9 Å². The summed E-state index contributed by atoms with van der Waals surface area (Å²) in [5, 5.41) is 8.74. The Labute approximate surface area is 98.2 Å². The topological polar surface area (TPSA) is 67.2 Å². The van der Waals surface area contributed by atoms with E-state index in [0.717, 1.165) is 0 Å². The number of rotatable bonds is 3. The van der Waals surface area contributed by atoms with Crippen molar-refractivity contribution in [3.05, 3.63) is 28.8 Å². The first kappa shape index (κ1) is 12.3. The molecule has 0 saturated heterocycles. The van der Waals surface area contributed by atoms with Gasteiger partial charge in [0.2, 0.25) is 0 Å². The molecule has 0 spiro atoms. The number of thiol groups is 1. The minimum absolute atomic E-state index is 0.0841. The highest BCUT2D eigenvalue weighted by atomic mass is 32.1. The molecular formula is C11H9NO3S. The van der Waals surface area contributed by atoms with Crippen molar-refractivity contribution in [1.29, 1.82) is 5.26 Å². The van der Waals surface area contributed by atoms with Crippen LogP contribution in [0.25, 0.3) is 0 Å². The Morgan fingerprint density at radius 2 is 2.31 bits per heavy atom. The fourth-order valence-electron chi connectivity index (χ4n) is 1.20. The summed E-state index contributed by atoms with van der Waals surface area (Å²) in [5.41, 5.74) is 0.458. The number of hydrogen-bond acceptors (Lipinski definition) is 5. The van der Waals surface area contributed by atoms with E-state index in [0.29, 0.717) is 6.29 Å². The van der Waals surface area contributed by atoms with E-state index in [1.165, 1.54) is 12.1 Å². The molecule has 0 radical (unpaired) electrons. The summed E-state index contributed by atoms with van der Waals surface area (Å²) >= 11 is 4.04. The van der Waals surface area contributed by atoms with Gasteiger partial charge in [0.05, 0.1) is 17.7 Å². The molecule has 82 valence electrons. The van der Waals surface area contributed by atoms with Gasteiger partial charge in [0.1, 0.15) is 6.07 Å². The lowest BCUT2D eigenvalue weighted by Gasteiger charge is -2.07. The van der Waals surface area contributed by atoms with Gasteiger partial charge in [0.25, 0.3) is 0 Å². The lowest BCUT2D eigenvalue weighted by molar-refractivity contribution is 0.0524. The molecule has 0 aliphatic carbocycles. The summed E-state index contributed by atoms with van der Waals surface area (Å²) in [7, 11) is 0. The van der Waals surface area contributed by atoms with Crippen molar-refractivity contribution in [3.63, 3.8) is 0 Å². The van der Waals surface area contributed by atoms with Crippen LogP contribution in [0.5, 0.6) is 0 Å². The first-order valence-corrected chi connectivity index (χ1v) is 4.98. The van der Waals surface area contributed by atoms with E-state index in [1.807, 2.05) is 6.07 Å². The molecule has 0 amide bonds. The zero-order valence-corrected chi connectivity index (χ0v) is 9.45. The Kier molecular flexibility index (Phi) is 4.09. The summed E-state index contributed by atoms with van der Waals surface area (Å²) in [4.78, 5) is 22.5. The summed E-state index contributed by atoms with van der Waals surface area (Å²) in [5.74, 6) is -0.593. The average molecular weight is 235 g/mol. The van der Waals surface area contributed by atoms with Crippen LogP contribution in [0.1, 0.15) is 33.2 Å².